The summed E-state index contributed by atoms with van der Waals surface area (Å²) in [4.78, 5) is 16.8. The molecule has 4 aromatic rings. The van der Waals surface area contributed by atoms with Crippen molar-refractivity contribution in [2.45, 2.75) is 11.7 Å². The van der Waals surface area contributed by atoms with Gasteiger partial charge in [0.2, 0.25) is 5.91 Å². The van der Waals surface area contributed by atoms with Gasteiger partial charge in [-0.15, -0.1) is 16.8 Å². The Morgan fingerprint density at radius 3 is 2.79 bits per heavy atom. The number of hydrogen-bond acceptors (Lipinski definition) is 6. The summed E-state index contributed by atoms with van der Waals surface area (Å²) in [6.45, 7) is 4.31. The van der Waals surface area contributed by atoms with E-state index in [1.165, 1.54) is 23.1 Å². The SMILES string of the molecule is C=CCn1c(SCC(=O)Nc2nc3ccccc3s2)nnc1-c1ccccc1Cl. The van der Waals surface area contributed by atoms with Gasteiger partial charge in [0.25, 0.3) is 0 Å². The second-order valence-corrected chi connectivity index (χ2v) is 8.39. The minimum atomic E-state index is -0.151. The van der Waals surface area contributed by atoms with Crippen molar-refractivity contribution < 1.29 is 4.79 Å². The number of thioether (sulfide) groups is 1. The number of amides is 1. The Morgan fingerprint density at radius 2 is 2.00 bits per heavy atom. The molecule has 146 valence electrons. The highest BCUT2D eigenvalue weighted by molar-refractivity contribution is 7.99. The molecule has 1 amide bonds. The lowest BCUT2D eigenvalue weighted by Gasteiger charge is -2.08. The molecule has 0 bridgehead atoms. The topological polar surface area (TPSA) is 72.7 Å². The molecule has 2 heterocycles. The number of nitrogens with one attached hydrogen (secondary N) is 1. The first kappa shape index (κ1) is 19.6. The molecule has 0 aliphatic carbocycles. The summed E-state index contributed by atoms with van der Waals surface area (Å²) in [5.74, 6) is 0.680. The minimum absolute atomic E-state index is 0.151. The van der Waals surface area contributed by atoms with Gasteiger partial charge in [-0.1, -0.05) is 65.0 Å². The lowest BCUT2D eigenvalue weighted by molar-refractivity contribution is -0.113. The number of hydrogen-bond donors (Lipinski definition) is 1. The molecule has 6 nitrogen and oxygen atoms in total. The van der Waals surface area contributed by atoms with E-state index >= 15 is 0 Å². The monoisotopic (exact) mass is 441 g/mol. The Morgan fingerprint density at radius 1 is 1.21 bits per heavy atom. The van der Waals surface area contributed by atoms with Crippen LogP contribution in [0.15, 0.2) is 66.3 Å². The standard InChI is InChI=1S/C20H16ClN5OS2/c1-2-11-26-18(13-7-3-4-8-14(13)21)24-25-20(26)28-12-17(27)23-19-22-15-9-5-6-10-16(15)29-19/h2-10H,1,11-12H2,(H,22,23,27). The molecule has 0 aliphatic heterocycles. The highest BCUT2D eigenvalue weighted by Gasteiger charge is 2.17. The first-order valence-corrected chi connectivity index (χ1v) is 10.9. The predicted octanol–water partition coefficient (Wildman–Crippen LogP) is 5.13. The third-order valence-corrected chi connectivity index (χ3v) is 6.26. The molecule has 2 aromatic carbocycles. The number of carbonyl (C=O) groups excluding carboxylic acids is 1. The molecule has 0 unspecified atom stereocenters. The number of rotatable bonds is 7. The van der Waals surface area contributed by atoms with E-state index in [2.05, 4.69) is 27.1 Å². The zero-order valence-corrected chi connectivity index (χ0v) is 17.6. The van der Waals surface area contributed by atoms with E-state index in [0.29, 0.717) is 27.7 Å². The highest BCUT2D eigenvalue weighted by Crippen LogP contribution is 2.30. The molecular weight excluding hydrogens is 426 g/mol. The third kappa shape index (κ3) is 4.34. The highest BCUT2D eigenvalue weighted by atomic mass is 35.5. The van der Waals surface area contributed by atoms with Crippen LogP contribution in [0.3, 0.4) is 0 Å². The van der Waals surface area contributed by atoms with Gasteiger partial charge in [-0.2, -0.15) is 0 Å². The van der Waals surface area contributed by atoms with Gasteiger partial charge in [-0.25, -0.2) is 4.98 Å². The van der Waals surface area contributed by atoms with Crippen LogP contribution in [0.5, 0.6) is 0 Å². The normalized spacial score (nSPS) is 10.9. The van der Waals surface area contributed by atoms with E-state index in [9.17, 15) is 4.79 Å². The van der Waals surface area contributed by atoms with Gasteiger partial charge in [-0.3, -0.25) is 9.36 Å². The van der Waals surface area contributed by atoms with Crippen LogP contribution in [0.2, 0.25) is 5.02 Å². The Labute approximate surface area is 180 Å². The predicted molar refractivity (Wildman–Crippen MR) is 120 cm³/mol. The molecule has 4 rings (SSSR count). The first-order valence-electron chi connectivity index (χ1n) is 8.73. The van der Waals surface area contributed by atoms with Crippen LogP contribution in [-0.2, 0) is 11.3 Å². The van der Waals surface area contributed by atoms with Gasteiger partial charge in [0, 0.05) is 12.1 Å². The van der Waals surface area contributed by atoms with E-state index in [1.54, 1.807) is 6.08 Å². The van der Waals surface area contributed by atoms with Crippen molar-refractivity contribution in [1.82, 2.24) is 19.7 Å². The largest absolute Gasteiger partial charge is 0.301 e. The molecule has 9 heteroatoms. The van der Waals surface area contributed by atoms with Crippen molar-refractivity contribution in [3.05, 3.63) is 66.2 Å². The molecule has 0 fully saturated rings. The molecule has 0 saturated carbocycles. The average Bonchev–Trinajstić information content (AvgIpc) is 3.30. The maximum absolute atomic E-state index is 12.4. The molecule has 0 aliphatic rings. The van der Waals surface area contributed by atoms with E-state index in [-0.39, 0.29) is 11.7 Å². The van der Waals surface area contributed by atoms with Crippen LogP contribution >= 0.6 is 34.7 Å². The fraction of sp³-hybridized carbons (Fsp3) is 0.100. The number of para-hydroxylation sites is 1. The molecule has 29 heavy (non-hydrogen) atoms. The lowest BCUT2D eigenvalue weighted by atomic mass is 10.2. The average molecular weight is 442 g/mol. The van der Waals surface area contributed by atoms with Crippen LogP contribution in [0.25, 0.3) is 21.6 Å². The summed E-state index contributed by atoms with van der Waals surface area (Å²) in [5, 5.41) is 13.2. The van der Waals surface area contributed by atoms with Crippen molar-refractivity contribution in [2.24, 2.45) is 0 Å². The lowest BCUT2D eigenvalue weighted by Crippen LogP contribution is -2.14. The van der Waals surface area contributed by atoms with Gasteiger partial charge >= 0.3 is 0 Å². The summed E-state index contributed by atoms with van der Waals surface area (Å²) >= 11 is 9.06. The summed E-state index contributed by atoms with van der Waals surface area (Å²) in [6, 6.07) is 15.2. The second-order valence-electron chi connectivity index (χ2n) is 6.01. The van der Waals surface area contributed by atoms with Crippen molar-refractivity contribution in [3.8, 4) is 11.4 Å². The van der Waals surface area contributed by atoms with Gasteiger partial charge in [0.1, 0.15) is 0 Å². The van der Waals surface area contributed by atoms with Crippen molar-refractivity contribution in [3.63, 3.8) is 0 Å². The van der Waals surface area contributed by atoms with E-state index in [1.807, 2.05) is 53.1 Å². The summed E-state index contributed by atoms with van der Waals surface area (Å²) in [7, 11) is 0. The Kier molecular flexibility index (Phi) is 5.94. The van der Waals surface area contributed by atoms with Gasteiger partial charge in [0.15, 0.2) is 16.1 Å². The number of benzene rings is 2. The molecule has 2 aromatic heterocycles. The molecule has 0 saturated heterocycles. The zero-order valence-electron chi connectivity index (χ0n) is 15.2. The van der Waals surface area contributed by atoms with Crippen LogP contribution < -0.4 is 5.32 Å². The fourth-order valence-corrected chi connectivity index (χ4v) is 4.59. The van der Waals surface area contributed by atoms with Gasteiger partial charge < -0.3 is 5.32 Å². The first-order chi connectivity index (χ1) is 14.2. The van der Waals surface area contributed by atoms with Crippen LogP contribution in [-0.4, -0.2) is 31.4 Å². The number of thiazole rings is 1. The number of anilines is 1. The fourth-order valence-electron chi connectivity index (χ4n) is 2.74. The van der Waals surface area contributed by atoms with Crippen molar-refractivity contribution >= 4 is 56.0 Å². The Balaban J connectivity index is 1.48. The number of halogens is 1. The number of nitrogens with zero attached hydrogens (tertiary/aromatic N) is 4. The molecule has 0 spiro atoms. The quantitative estimate of drug-likeness (QED) is 0.318. The van der Waals surface area contributed by atoms with E-state index < -0.39 is 0 Å². The van der Waals surface area contributed by atoms with Gasteiger partial charge in [0.05, 0.1) is 21.0 Å². The van der Waals surface area contributed by atoms with E-state index in [0.717, 1.165) is 15.8 Å². The third-order valence-electron chi connectivity index (χ3n) is 4.02. The van der Waals surface area contributed by atoms with Crippen LogP contribution in [0.4, 0.5) is 5.13 Å². The molecule has 1 N–H and O–H groups in total. The Bertz CT molecular complexity index is 1150. The molecule has 0 radical (unpaired) electrons. The number of allylic oxidation sites excluding steroid dienone is 1. The zero-order chi connectivity index (χ0) is 20.2. The molecular formula is C20H16ClN5OS2. The summed E-state index contributed by atoms with van der Waals surface area (Å²) in [6.07, 6.45) is 1.76. The van der Waals surface area contributed by atoms with Crippen LogP contribution in [0.1, 0.15) is 0 Å². The number of carbonyl (C=O) groups is 1. The number of aromatic nitrogens is 4. The van der Waals surface area contributed by atoms with Crippen molar-refractivity contribution in [1.29, 1.82) is 0 Å². The smallest absolute Gasteiger partial charge is 0.236 e. The maximum Gasteiger partial charge on any atom is 0.236 e. The second kappa shape index (κ2) is 8.77. The Hall–Kier alpha value is -2.68. The number of fused-ring (bicyclic) bond motifs is 1. The summed E-state index contributed by atoms with van der Waals surface area (Å²) < 4.78 is 2.93. The molecule has 0 atom stereocenters. The van der Waals surface area contributed by atoms with Crippen LogP contribution in [0, 0.1) is 0 Å². The minimum Gasteiger partial charge on any atom is -0.301 e. The maximum atomic E-state index is 12.4. The van der Waals surface area contributed by atoms with Gasteiger partial charge in [-0.05, 0) is 24.3 Å². The summed E-state index contributed by atoms with van der Waals surface area (Å²) in [5.41, 5.74) is 1.66. The van der Waals surface area contributed by atoms with Crippen molar-refractivity contribution in [2.75, 3.05) is 11.1 Å². The van der Waals surface area contributed by atoms with E-state index in [4.69, 9.17) is 11.6 Å².